The smallest absolute Gasteiger partial charge is 0.0166 e. The third kappa shape index (κ3) is 2.67. The molecule has 2 atom stereocenters. The summed E-state index contributed by atoms with van der Waals surface area (Å²) in [7, 11) is 0. The van der Waals surface area contributed by atoms with Crippen molar-refractivity contribution < 1.29 is 0 Å². The molecular formula is C14H26N2. The van der Waals surface area contributed by atoms with Crippen molar-refractivity contribution in [2.75, 3.05) is 13.1 Å². The Labute approximate surface area is 100 Å². The normalized spacial score (nSPS) is 34.9. The zero-order valence-corrected chi connectivity index (χ0v) is 10.6. The average Bonchev–Trinajstić information content (AvgIpc) is 2.27. The summed E-state index contributed by atoms with van der Waals surface area (Å²) in [4.78, 5) is 2.70. The molecule has 2 heteroatoms. The lowest BCUT2D eigenvalue weighted by atomic mass is 9.81. The summed E-state index contributed by atoms with van der Waals surface area (Å²) in [6, 6.07) is 2.41. The molecule has 0 aromatic carbocycles. The van der Waals surface area contributed by atoms with Gasteiger partial charge in [0.25, 0.3) is 0 Å². The SMILES string of the molecule is C=CCN1C2CCCC1CC(NCCC)C2. The predicted molar refractivity (Wildman–Crippen MR) is 69.6 cm³/mol. The Morgan fingerprint density at radius 1 is 1.31 bits per heavy atom. The van der Waals surface area contributed by atoms with Gasteiger partial charge in [0.05, 0.1) is 0 Å². The van der Waals surface area contributed by atoms with Gasteiger partial charge in [-0.25, -0.2) is 0 Å². The molecule has 2 bridgehead atoms. The number of piperidine rings is 2. The van der Waals surface area contributed by atoms with Crippen molar-refractivity contribution in [1.29, 1.82) is 0 Å². The van der Waals surface area contributed by atoms with Gasteiger partial charge in [0.2, 0.25) is 0 Å². The lowest BCUT2D eigenvalue weighted by Crippen LogP contribution is -2.56. The Bertz CT molecular complexity index is 213. The van der Waals surface area contributed by atoms with E-state index in [2.05, 4.69) is 29.8 Å². The highest BCUT2D eigenvalue weighted by atomic mass is 15.2. The second-order valence-corrected chi connectivity index (χ2v) is 5.35. The second kappa shape index (κ2) is 5.83. The van der Waals surface area contributed by atoms with Gasteiger partial charge in [-0.3, -0.25) is 4.90 Å². The van der Waals surface area contributed by atoms with Crippen LogP contribution in [-0.4, -0.2) is 36.1 Å². The molecule has 2 rings (SSSR count). The summed E-state index contributed by atoms with van der Waals surface area (Å²) < 4.78 is 0. The van der Waals surface area contributed by atoms with E-state index < -0.39 is 0 Å². The fourth-order valence-corrected chi connectivity index (χ4v) is 3.44. The number of hydrogen-bond acceptors (Lipinski definition) is 2. The summed E-state index contributed by atoms with van der Waals surface area (Å²) in [5.74, 6) is 0. The molecule has 0 aromatic heterocycles. The Hall–Kier alpha value is -0.340. The highest BCUT2D eigenvalue weighted by Crippen LogP contribution is 2.33. The summed E-state index contributed by atoms with van der Waals surface area (Å²) in [5, 5.41) is 3.71. The van der Waals surface area contributed by atoms with Gasteiger partial charge in [-0.2, -0.15) is 0 Å². The van der Waals surface area contributed by atoms with Gasteiger partial charge < -0.3 is 5.32 Å². The average molecular weight is 222 g/mol. The van der Waals surface area contributed by atoms with Gasteiger partial charge in [-0.05, 0) is 38.6 Å². The molecule has 2 saturated heterocycles. The first-order valence-electron chi connectivity index (χ1n) is 6.95. The molecule has 2 nitrogen and oxygen atoms in total. The number of hydrogen-bond donors (Lipinski definition) is 1. The summed E-state index contributed by atoms with van der Waals surface area (Å²) >= 11 is 0. The fourth-order valence-electron chi connectivity index (χ4n) is 3.44. The largest absolute Gasteiger partial charge is 0.314 e. The van der Waals surface area contributed by atoms with Crippen LogP contribution in [0.15, 0.2) is 12.7 Å². The van der Waals surface area contributed by atoms with E-state index in [1.54, 1.807) is 0 Å². The van der Waals surface area contributed by atoms with Gasteiger partial charge in [0, 0.05) is 24.7 Å². The third-order valence-corrected chi connectivity index (χ3v) is 4.15. The van der Waals surface area contributed by atoms with E-state index in [0.717, 1.165) is 24.7 Å². The van der Waals surface area contributed by atoms with Gasteiger partial charge in [-0.15, -0.1) is 6.58 Å². The van der Waals surface area contributed by atoms with Crippen LogP contribution >= 0.6 is 0 Å². The molecule has 0 radical (unpaired) electrons. The molecule has 2 aliphatic heterocycles. The van der Waals surface area contributed by atoms with Crippen LogP contribution in [0.5, 0.6) is 0 Å². The number of nitrogens with one attached hydrogen (secondary N) is 1. The predicted octanol–water partition coefficient (Wildman–Crippen LogP) is 2.56. The maximum Gasteiger partial charge on any atom is 0.0166 e. The molecule has 1 N–H and O–H groups in total. The monoisotopic (exact) mass is 222 g/mol. The maximum absolute atomic E-state index is 3.89. The minimum absolute atomic E-state index is 0.774. The van der Waals surface area contributed by atoms with Crippen molar-refractivity contribution in [2.24, 2.45) is 0 Å². The summed E-state index contributed by atoms with van der Waals surface area (Å²) in [5.41, 5.74) is 0. The van der Waals surface area contributed by atoms with Crippen LogP contribution in [0.2, 0.25) is 0 Å². The topological polar surface area (TPSA) is 15.3 Å². The molecule has 2 unspecified atom stereocenters. The number of nitrogens with zero attached hydrogens (tertiary/aromatic N) is 1. The van der Waals surface area contributed by atoms with Crippen LogP contribution in [0.3, 0.4) is 0 Å². The Morgan fingerprint density at radius 2 is 2.00 bits per heavy atom. The van der Waals surface area contributed by atoms with Crippen molar-refractivity contribution >= 4 is 0 Å². The zero-order valence-electron chi connectivity index (χ0n) is 10.6. The lowest BCUT2D eigenvalue weighted by Gasteiger charge is -2.48. The Morgan fingerprint density at radius 3 is 2.56 bits per heavy atom. The van der Waals surface area contributed by atoms with Crippen LogP contribution in [-0.2, 0) is 0 Å². The van der Waals surface area contributed by atoms with Gasteiger partial charge >= 0.3 is 0 Å². The molecule has 2 aliphatic rings. The molecular weight excluding hydrogens is 196 g/mol. The van der Waals surface area contributed by atoms with Crippen molar-refractivity contribution in [3.8, 4) is 0 Å². The third-order valence-electron chi connectivity index (χ3n) is 4.15. The van der Waals surface area contributed by atoms with Crippen molar-refractivity contribution in [1.82, 2.24) is 10.2 Å². The summed E-state index contributed by atoms with van der Waals surface area (Å²) in [6.45, 7) is 8.42. The highest BCUT2D eigenvalue weighted by Gasteiger charge is 2.36. The van der Waals surface area contributed by atoms with E-state index in [0.29, 0.717) is 0 Å². The van der Waals surface area contributed by atoms with Crippen molar-refractivity contribution in [2.45, 2.75) is 63.6 Å². The van der Waals surface area contributed by atoms with Crippen molar-refractivity contribution in [3.05, 3.63) is 12.7 Å². The highest BCUT2D eigenvalue weighted by molar-refractivity contribution is 4.96. The Kier molecular flexibility index (Phi) is 4.42. The van der Waals surface area contributed by atoms with E-state index in [-0.39, 0.29) is 0 Å². The van der Waals surface area contributed by atoms with Gasteiger partial charge in [-0.1, -0.05) is 19.4 Å². The molecule has 0 aromatic rings. The lowest BCUT2D eigenvalue weighted by molar-refractivity contribution is 0.0351. The first kappa shape index (κ1) is 12.1. The van der Waals surface area contributed by atoms with Crippen molar-refractivity contribution in [3.63, 3.8) is 0 Å². The second-order valence-electron chi connectivity index (χ2n) is 5.35. The minimum Gasteiger partial charge on any atom is -0.314 e. The van der Waals surface area contributed by atoms with Gasteiger partial charge in [0.15, 0.2) is 0 Å². The maximum atomic E-state index is 3.89. The summed E-state index contributed by atoms with van der Waals surface area (Å²) in [6.07, 6.45) is 10.3. The molecule has 0 spiro atoms. The van der Waals surface area contributed by atoms with Crippen LogP contribution in [0.25, 0.3) is 0 Å². The molecule has 2 fully saturated rings. The quantitative estimate of drug-likeness (QED) is 0.719. The van der Waals surface area contributed by atoms with E-state index in [1.807, 2.05) is 0 Å². The molecule has 92 valence electrons. The molecule has 16 heavy (non-hydrogen) atoms. The fraction of sp³-hybridized carbons (Fsp3) is 0.857. The van der Waals surface area contributed by atoms with E-state index >= 15 is 0 Å². The van der Waals surface area contributed by atoms with Crippen LogP contribution in [0.1, 0.15) is 45.4 Å². The first-order valence-corrected chi connectivity index (χ1v) is 6.95. The standard InChI is InChI=1S/C14H26N2/c1-3-8-15-12-10-13-6-5-7-14(11-12)16(13)9-4-2/h4,12-15H,2-3,5-11H2,1H3. The zero-order chi connectivity index (χ0) is 11.4. The molecule has 2 heterocycles. The van der Waals surface area contributed by atoms with Gasteiger partial charge in [0.1, 0.15) is 0 Å². The molecule has 0 aliphatic carbocycles. The minimum atomic E-state index is 0.774. The number of rotatable bonds is 5. The van der Waals surface area contributed by atoms with E-state index in [9.17, 15) is 0 Å². The molecule has 0 saturated carbocycles. The number of fused-ring (bicyclic) bond motifs is 2. The molecule has 0 amide bonds. The van der Waals surface area contributed by atoms with Crippen LogP contribution in [0, 0.1) is 0 Å². The van der Waals surface area contributed by atoms with Crippen LogP contribution < -0.4 is 5.32 Å². The van der Waals surface area contributed by atoms with Crippen LogP contribution in [0.4, 0.5) is 0 Å². The first-order chi connectivity index (χ1) is 7.85. The van der Waals surface area contributed by atoms with E-state index in [4.69, 9.17) is 0 Å². The Balaban J connectivity index is 1.91. The van der Waals surface area contributed by atoms with E-state index in [1.165, 1.54) is 45.1 Å².